The molecule has 0 aromatic rings. The van der Waals surface area contributed by atoms with Gasteiger partial charge in [-0.1, -0.05) is 20.3 Å². The minimum atomic E-state index is -0.208. The fourth-order valence-corrected chi connectivity index (χ4v) is 1.28. The van der Waals surface area contributed by atoms with E-state index in [0.717, 1.165) is 25.9 Å². The van der Waals surface area contributed by atoms with Crippen LogP contribution in [0.2, 0.25) is 0 Å². The van der Waals surface area contributed by atoms with Gasteiger partial charge in [0.1, 0.15) is 6.10 Å². The molecule has 0 aliphatic heterocycles. The highest BCUT2D eigenvalue weighted by Gasteiger charge is 2.09. The third-order valence-electron chi connectivity index (χ3n) is 2.32. The van der Waals surface area contributed by atoms with Gasteiger partial charge in [-0.2, -0.15) is 0 Å². The number of hydrogen-bond donors (Lipinski definition) is 1. The zero-order chi connectivity index (χ0) is 12.9. The van der Waals surface area contributed by atoms with Gasteiger partial charge in [-0.3, -0.25) is 0 Å². The molecule has 2 atom stereocenters. The lowest BCUT2D eigenvalue weighted by atomic mass is 10.3. The number of aliphatic hydroxyl groups is 1. The van der Waals surface area contributed by atoms with E-state index in [9.17, 15) is 0 Å². The molecule has 0 saturated heterocycles. The summed E-state index contributed by atoms with van der Waals surface area (Å²) < 4.78 is 16.4. The van der Waals surface area contributed by atoms with Crippen molar-refractivity contribution in [1.29, 1.82) is 0 Å². The van der Waals surface area contributed by atoms with Gasteiger partial charge in [-0.05, 0) is 19.8 Å². The number of hydrogen-bond acceptors (Lipinski definition) is 4. The van der Waals surface area contributed by atoms with Crippen LogP contribution in [-0.4, -0.2) is 50.3 Å². The second kappa shape index (κ2) is 12.3. The van der Waals surface area contributed by atoms with E-state index >= 15 is 0 Å². The Bertz CT molecular complexity index is 152. The van der Waals surface area contributed by atoms with E-state index in [-0.39, 0.29) is 18.8 Å². The molecule has 4 nitrogen and oxygen atoms in total. The van der Waals surface area contributed by atoms with Crippen molar-refractivity contribution in [2.45, 2.75) is 52.2 Å². The summed E-state index contributed by atoms with van der Waals surface area (Å²) in [5.41, 5.74) is 0. The van der Waals surface area contributed by atoms with Crippen molar-refractivity contribution >= 4 is 0 Å². The van der Waals surface area contributed by atoms with E-state index in [1.807, 2.05) is 6.92 Å². The molecule has 0 rings (SSSR count). The Kier molecular flexibility index (Phi) is 12.2. The van der Waals surface area contributed by atoms with Gasteiger partial charge in [0.25, 0.3) is 0 Å². The topological polar surface area (TPSA) is 47.9 Å². The number of ether oxygens (including phenoxy) is 3. The van der Waals surface area contributed by atoms with Crippen molar-refractivity contribution in [3.8, 4) is 0 Å². The van der Waals surface area contributed by atoms with Crippen LogP contribution < -0.4 is 0 Å². The summed E-state index contributed by atoms with van der Waals surface area (Å²) in [4.78, 5) is 0. The van der Waals surface area contributed by atoms with Gasteiger partial charge in [-0.15, -0.1) is 0 Å². The molecule has 0 aliphatic carbocycles. The largest absolute Gasteiger partial charge is 0.394 e. The molecule has 0 heterocycles. The van der Waals surface area contributed by atoms with Gasteiger partial charge >= 0.3 is 0 Å². The molecule has 0 bridgehead atoms. The summed E-state index contributed by atoms with van der Waals surface area (Å²) in [6.45, 7) is 8.62. The maximum atomic E-state index is 9.10. The molecule has 17 heavy (non-hydrogen) atoms. The molecule has 2 unspecified atom stereocenters. The van der Waals surface area contributed by atoms with Crippen LogP contribution in [0.5, 0.6) is 0 Å². The van der Waals surface area contributed by atoms with Gasteiger partial charge in [0, 0.05) is 13.2 Å². The first-order chi connectivity index (χ1) is 8.24. The van der Waals surface area contributed by atoms with E-state index in [4.69, 9.17) is 19.3 Å². The predicted molar refractivity (Wildman–Crippen MR) is 68.3 cm³/mol. The van der Waals surface area contributed by atoms with E-state index in [1.54, 1.807) is 0 Å². The molecule has 1 N–H and O–H groups in total. The van der Waals surface area contributed by atoms with Crippen LogP contribution in [0.4, 0.5) is 0 Å². The molecule has 0 spiro atoms. The minimum absolute atomic E-state index is 0.00785. The van der Waals surface area contributed by atoms with Crippen LogP contribution in [0.1, 0.15) is 40.0 Å². The Labute approximate surface area is 105 Å². The smallest absolute Gasteiger partial charge is 0.104 e. The monoisotopic (exact) mass is 248 g/mol. The summed E-state index contributed by atoms with van der Waals surface area (Å²) in [6.07, 6.45) is 3.03. The molecule has 0 aromatic carbocycles. The molecule has 0 aliphatic rings. The Morgan fingerprint density at radius 3 is 2.35 bits per heavy atom. The van der Waals surface area contributed by atoms with Crippen molar-refractivity contribution in [3.63, 3.8) is 0 Å². The molecule has 0 radical (unpaired) electrons. The van der Waals surface area contributed by atoms with Crippen LogP contribution in [-0.2, 0) is 14.2 Å². The Morgan fingerprint density at radius 2 is 1.76 bits per heavy atom. The van der Waals surface area contributed by atoms with Gasteiger partial charge < -0.3 is 19.3 Å². The second-order valence-electron chi connectivity index (χ2n) is 4.25. The molecular formula is C13H28O4. The fraction of sp³-hybridized carbons (Fsp3) is 1.00. The van der Waals surface area contributed by atoms with Crippen LogP contribution in [0.25, 0.3) is 0 Å². The molecule has 0 fully saturated rings. The lowest BCUT2D eigenvalue weighted by Crippen LogP contribution is -2.27. The molecule has 4 heteroatoms. The van der Waals surface area contributed by atoms with Gasteiger partial charge in [0.15, 0.2) is 0 Å². The zero-order valence-electron chi connectivity index (χ0n) is 11.5. The highest BCUT2D eigenvalue weighted by Crippen LogP contribution is 1.99. The standard InChI is InChI=1S/C13H28O4/c1-4-6-8-17-13(9-14)11-15-10-12(3)16-7-5-2/h12-14H,4-11H2,1-3H3. The first kappa shape index (κ1) is 16.8. The third-order valence-corrected chi connectivity index (χ3v) is 2.32. The van der Waals surface area contributed by atoms with Gasteiger partial charge in [-0.25, -0.2) is 0 Å². The lowest BCUT2D eigenvalue weighted by molar-refractivity contribution is -0.0673. The van der Waals surface area contributed by atoms with E-state index in [0.29, 0.717) is 19.8 Å². The molecule has 104 valence electrons. The van der Waals surface area contributed by atoms with Gasteiger partial charge in [0.05, 0.1) is 25.9 Å². The van der Waals surface area contributed by atoms with E-state index in [2.05, 4.69) is 13.8 Å². The average molecular weight is 248 g/mol. The second-order valence-corrected chi connectivity index (χ2v) is 4.25. The SMILES string of the molecule is CCCCOC(CO)COCC(C)OCCC. The Hall–Kier alpha value is -0.160. The van der Waals surface area contributed by atoms with Gasteiger partial charge in [0.2, 0.25) is 0 Å². The Morgan fingerprint density at radius 1 is 1.00 bits per heavy atom. The first-order valence-corrected chi connectivity index (χ1v) is 6.66. The predicted octanol–water partition coefficient (Wildman–Crippen LogP) is 2.00. The summed E-state index contributed by atoms with van der Waals surface area (Å²) in [5.74, 6) is 0. The zero-order valence-corrected chi connectivity index (χ0v) is 11.5. The quantitative estimate of drug-likeness (QED) is 0.537. The van der Waals surface area contributed by atoms with Crippen LogP contribution >= 0.6 is 0 Å². The molecule has 0 saturated carbocycles. The molecule has 0 amide bonds. The maximum Gasteiger partial charge on any atom is 0.104 e. The fourth-order valence-electron chi connectivity index (χ4n) is 1.28. The number of aliphatic hydroxyl groups excluding tert-OH is 1. The van der Waals surface area contributed by atoms with Crippen molar-refractivity contribution in [2.75, 3.05) is 33.0 Å². The maximum absolute atomic E-state index is 9.10. The number of rotatable bonds is 12. The minimum Gasteiger partial charge on any atom is -0.394 e. The highest BCUT2D eigenvalue weighted by molar-refractivity contribution is 4.55. The van der Waals surface area contributed by atoms with Crippen LogP contribution in [0, 0.1) is 0 Å². The summed E-state index contributed by atoms with van der Waals surface area (Å²) in [5, 5.41) is 9.10. The lowest BCUT2D eigenvalue weighted by Gasteiger charge is -2.17. The van der Waals surface area contributed by atoms with Crippen molar-refractivity contribution < 1.29 is 19.3 Å². The highest BCUT2D eigenvalue weighted by atomic mass is 16.6. The number of unbranched alkanes of at least 4 members (excludes halogenated alkanes) is 1. The first-order valence-electron chi connectivity index (χ1n) is 6.66. The van der Waals surface area contributed by atoms with Crippen LogP contribution in [0.3, 0.4) is 0 Å². The molecule has 0 aromatic heterocycles. The summed E-state index contributed by atoms with van der Waals surface area (Å²) >= 11 is 0. The van der Waals surface area contributed by atoms with Crippen molar-refractivity contribution in [1.82, 2.24) is 0 Å². The Balaban J connectivity index is 3.47. The van der Waals surface area contributed by atoms with E-state index < -0.39 is 0 Å². The van der Waals surface area contributed by atoms with Crippen molar-refractivity contribution in [3.05, 3.63) is 0 Å². The van der Waals surface area contributed by atoms with E-state index in [1.165, 1.54) is 0 Å². The molecular weight excluding hydrogens is 220 g/mol. The summed E-state index contributed by atoms with van der Waals surface area (Å²) in [7, 11) is 0. The summed E-state index contributed by atoms with van der Waals surface area (Å²) in [6, 6.07) is 0. The average Bonchev–Trinajstić information content (AvgIpc) is 2.34. The third kappa shape index (κ3) is 10.7. The van der Waals surface area contributed by atoms with Crippen LogP contribution in [0.15, 0.2) is 0 Å². The van der Waals surface area contributed by atoms with Crippen molar-refractivity contribution in [2.24, 2.45) is 0 Å². The normalized spacial score (nSPS) is 14.8.